The van der Waals surface area contributed by atoms with E-state index < -0.39 is 0 Å². The minimum atomic E-state index is -0.242. The fraction of sp³-hybridized carbons (Fsp3) is 0.308. The molecule has 0 unspecified atom stereocenters. The van der Waals surface area contributed by atoms with E-state index in [2.05, 4.69) is 31.1 Å². The molecule has 1 aliphatic heterocycles. The molecular weight excluding hydrogens is 329 g/mol. The van der Waals surface area contributed by atoms with Gasteiger partial charge < -0.3 is 10.2 Å². The van der Waals surface area contributed by atoms with Gasteiger partial charge in [-0.15, -0.1) is 11.3 Å². The van der Waals surface area contributed by atoms with E-state index in [0.717, 1.165) is 47.0 Å². The van der Waals surface area contributed by atoms with E-state index in [0.29, 0.717) is 0 Å². The second kappa shape index (κ2) is 5.56. The maximum atomic E-state index is 13.1. The highest BCUT2D eigenvalue weighted by molar-refractivity contribution is 9.10. The van der Waals surface area contributed by atoms with Crippen LogP contribution < -0.4 is 10.2 Å². The number of piperazine rings is 1. The van der Waals surface area contributed by atoms with Crippen LogP contribution >= 0.6 is 27.3 Å². The second-order valence-corrected chi connectivity index (χ2v) is 6.07. The van der Waals surface area contributed by atoms with E-state index in [1.807, 2.05) is 5.38 Å². The highest BCUT2D eigenvalue weighted by Gasteiger charge is 2.15. The molecule has 19 heavy (non-hydrogen) atoms. The molecule has 0 atom stereocenters. The fourth-order valence-corrected chi connectivity index (χ4v) is 3.52. The summed E-state index contributed by atoms with van der Waals surface area (Å²) in [7, 11) is 0. The molecule has 2 heterocycles. The quantitative estimate of drug-likeness (QED) is 0.909. The van der Waals surface area contributed by atoms with E-state index in [1.54, 1.807) is 17.4 Å². The molecule has 0 bridgehead atoms. The van der Waals surface area contributed by atoms with Crippen LogP contribution in [0.15, 0.2) is 28.1 Å². The van der Waals surface area contributed by atoms with Crippen molar-refractivity contribution in [3.05, 3.63) is 33.9 Å². The zero-order valence-corrected chi connectivity index (χ0v) is 12.6. The SMILES string of the molecule is Fc1ccc(-c2csc(N3CCNCC3)n2)c(Br)c1. The molecule has 0 amide bonds. The van der Waals surface area contributed by atoms with Crippen LogP contribution in [0.3, 0.4) is 0 Å². The third-order valence-electron chi connectivity index (χ3n) is 3.09. The van der Waals surface area contributed by atoms with Crippen molar-refractivity contribution in [1.29, 1.82) is 0 Å². The van der Waals surface area contributed by atoms with Gasteiger partial charge in [0.1, 0.15) is 5.82 Å². The molecule has 3 nitrogen and oxygen atoms in total. The number of benzene rings is 1. The molecule has 100 valence electrons. The van der Waals surface area contributed by atoms with Gasteiger partial charge in [0.2, 0.25) is 0 Å². The molecule has 1 fully saturated rings. The standard InChI is InChI=1S/C13H13BrFN3S/c14-11-7-9(15)1-2-10(11)12-8-19-13(17-12)18-5-3-16-4-6-18/h1-2,7-8,16H,3-6H2. The second-order valence-electron chi connectivity index (χ2n) is 4.38. The molecule has 1 N–H and O–H groups in total. The van der Waals surface area contributed by atoms with E-state index in [1.165, 1.54) is 12.1 Å². The summed E-state index contributed by atoms with van der Waals surface area (Å²) < 4.78 is 13.8. The Bertz CT molecular complexity index is 581. The maximum Gasteiger partial charge on any atom is 0.185 e. The van der Waals surface area contributed by atoms with Crippen LogP contribution in [-0.2, 0) is 0 Å². The Morgan fingerprint density at radius 2 is 2.11 bits per heavy atom. The van der Waals surface area contributed by atoms with E-state index in [4.69, 9.17) is 0 Å². The normalized spacial score (nSPS) is 15.8. The molecule has 1 aliphatic rings. The summed E-state index contributed by atoms with van der Waals surface area (Å²) >= 11 is 5.03. The van der Waals surface area contributed by atoms with Crippen molar-refractivity contribution in [1.82, 2.24) is 10.3 Å². The summed E-state index contributed by atoms with van der Waals surface area (Å²) in [6.07, 6.45) is 0. The summed E-state index contributed by atoms with van der Waals surface area (Å²) in [5.74, 6) is -0.242. The average Bonchev–Trinajstić information content (AvgIpc) is 2.89. The van der Waals surface area contributed by atoms with Crippen LogP contribution in [0.2, 0.25) is 0 Å². The molecule has 1 aromatic heterocycles. The summed E-state index contributed by atoms with van der Waals surface area (Å²) in [5.41, 5.74) is 1.82. The molecule has 6 heteroatoms. The highest BCUT2D eigenvalue weighted by atomic mass is 79.9. The lowest BCUT2D eigenvalue weighted by atomic mass is 10.2. The third-order valence-corrected chi connectivity index (χ3v) is 4.64. The first-order chi connectivity index (χ1) is 9.24. The molecule has 0 spiro atoms. The third kappa shape index (κ3) is 2.80. The van der Waals surface area contributed by atoms with Crippen molar-refractivity contribution in [3.63, 3.8) is 0 Å². The zero-order valence-electron chi connectivity index (χ0n) is 10.2. The van der Waals surface area contributed by atoms with Crippen LogP contribution in [0.1, 0.15) is 0 Å². The summed E-state index contributed by atoms with van der Waals surface area (Å²) in [5, 5.41) is 6.38. The number of anilines is 1. The van der Waals surface area contributed by atoms with Gasteiger partial charge in [0, 0.05) is 41.6 Å². The first-order valence-electron chi connectivity index (χ1n) is 6.10. The van der Waals surface area contributed by atoms with Crippen LogP contribution in [0.4, 0.5) is 9.52 Å². The lowest BCUT2D eigenvalue weighted by Gasteiger charge is -2.26. The van der Waals surface area contributed by atoms with Crippen molar-refractivity contribution in [3.8, 4) is 11.3 Å². The Hall–Kier alpha value is -0.980. The maximum absolute atomic E-state index is 13.1. The molecule has 3 rings (SSSR count). The smallest absolute Gasteiger partial charge is 0.185 e. The molecule has 1 saturated heterocycles. The predicted molar refractivity (Wildman–Crippen MR) is 80.3 cm³/mol. The number of rotatable bonds is 2. The summed E-state index contributed by atoms with van der Waals surface area (Å²) in [6.45, 7) is 3.96. The van der Waals surface area contributed by atoms with Crippen molar-refractivity contribution >= 4 is 32.4 Å². The molecular formula is C13H13BrFN3S. The van der Waals surface area contributed by atoms with Gasteiger partial charge in [-0.05, 0) is 34.1 Å². The number of halogens is 2. The molecule has 2 aromatic rings. The minimum Gasteiger partial charge on any atom is -0.346 e. The molecule has 0 aliphatic carbocycles. The number of hydrogen-bond acceptors (Lipinski definition) is 4. The van der Waals surface area contributed by atoms with Crippen molar-refractivity contribution < 1.29 is 4.39 Å². The monoisotopic (exact) mass is 341 g/mol. The van der Waals surface area contributed by atoms with Crippen LogP contribution in [0.25, 0.3) is 11.3 Å². The number of aromatic nitrogens is 1. The fourth-order valence-electron chi connectivity index (χ4n) is 2.09. The topological polar surface area (TPSA) is 28.2 Å². The largest absolute Gasteiger partial charge is 0.346 e. The molecule has 1 aromatic carbocycles. The van der Waals surface area contributed by atoms with E-state index in [9.17, 15) is 4.39 Å². The summed E-state index contributed by atoms with van der Waals surface area (Å²) in [6, 6.07) is 4.69. The number of hydrogen-bond donors (Lipinski definition) is 1. The van der Waals surface area contributed by atoms with Gasteiger partial charge >= 0.3 is 0 Å². The Morgan fingerprint density at radius 3 is 2.84 bits per heavy atom. The van der Waals surface area contributed by atoms with Gasteiger partial charge in [0.05, 0.1) is 5.69 Å². The Labute approximate surface area is 123 Å². The first kappa shape index (κ1) is 13.0. The van der Waals surface area contributed by atoms with Gasteiger partial charge in [0.15, 0.2) is 5.13 Å². The van der Waals surface area contributed by atoms with Gasteiger partial charge in [-0.1, -0.05) is 0 Å². The van der Waals surface area contributed by atoms with Crippen molar-refractivity contribution in [2.75, 3.05) is 31.1 Å². The van der Waals surface area contributed by atoms with Crippen LogP contribution in [0.5, 0.6) is 0 Å². The van der Waals surface area contributed by atoms with Gasteiger partial charge in [0.25, 0.3) is 0 Å². The van der Waals surface area contributed by atoms with Gasteiger partial charge in [-0.25, -0.2) is 9.37 Å². The molecule has 0 saturated carbocycles. The Kier molecular flexibility index (Phi) is 3.81. The van der Waals surface area contributed by atoms with Crippen molar-refractivity contribution in [2.24, 2.45) is 0 Å². The number of nitrogens with zero attached hydrogens (tertiary/aromatic N) is 2. The predicted octanol–water partition coefficient (Wildman–Crippen LogP) is 3.12. The minimum absolute atomic E-state index is 0.242. The summed E-state index contributed by atoms with van der Waals surface area (Å²) in [4.78, 5) is 6.94. The van der Waals surface area contributed by atoms with Gasteiger partial charge in [-0.2, -0.15) is 0 Å². The van der Waals surface area contributed by atoms with Crippen molar-refractivity contribution in [2.45, 2.75) is 0 Å². The zero-order chi connectivity index (χ0) is 13.2. The first-order valence-corrected chi connectivity index (χ1v) is 7.78. The van der Waals surface area contributed by atoms with E-state index in [-0.39, 0.29) is 5.82 Å². The lowest BCUT2D eigenvalue weighted by molar-refractivity contribution is 0.588. The average molecular weight is 342 g/mol. The number of thiazole rings is 1. The van der Waals surface area contributed by atoms with Crippen LogP contribution in [-0.4, -0.2) is 31.2 Å². The number of nitrogens with one attached hydrogen (secondary N) is 1. The Balaban J connectivity index is 1.87. The van der Waals surface area contributed by atoms with Gasteiger partial charge in [-0.3, -0.25) is 0 Å². The lowest BCUT2D eigenvalue weighted by Crippen LogP contribution is -2.43. The molecule has 0 radical (unpaired) electrons. The van der Waals surface area contributed by atoms with E-state index >= 15 is 0 Å². The highest BCUT2D eigenvalue weighted by Crippen LogP contribution is 2.32. The Morgan fingerprint density at radius 1 is 1.32 bits per heavy atom. The van der Waals surface area contributed by atoms with Crippen LogP contribution in [0, 0.1) is 5.82 Å².